The number of halogens is 6. The van der Waals surface area contributed by atoms with Crippen molar-refractivity contribution in [3.05, 3.63) is 60.5 Å². The molecule has 4 aliphatic carbocycles. The summed E-state index contributed by atoms with van der Waals surface area (Å²) in [7, 11) is 8.96. The Morgan fingerprint density at radius 2 is 0.843 bits per heavy atom. The molecule has 408 valence electrons. The molecule has 70 heavy (non-hydrogen) atoms. The first-order valence-electron chi connectivity index (χ1n) is 24.2. The Bertz CT molecular complexity index is 1610. The molecule has 0 aromatic rings. The van der Waals surface area contributed by atoms with Crippen LogP contribution in [0.5, 0.6) is 0 Å². The zero-order chi connectivity index (χ0) is 52.6. The predicted molar refractivity (Wildman–Crippen MR) is 253 cm³/mol. The molecular formula is C44H86F6N15O4P. The second-order valence-corrected chi connectivity index (χ2v) is 21.5. The molecule has 0 atom stereocenters. The third-order valence-electron chi connectivity index (χ3n) is 12.5. The van der Waals surface area contributed by atoms with Crippen LogP contribution in [-0.4, -0.2) is 158 Å². The molecule has 0 aromatic heterocycles. The summed E-state index contributed by atoms with van der Waals surface area (Å²) in [5.74, 6) is 0.464. The van der Waals surface area contributed by atoms with Crippen LogP contribution in [0.4, 0.5) is 25.2 Å². The quantitative estimate of drug-likeness (QED) is 0.0890. The van der Waals surface area contributed by atoms with E-state index in [1.165, 1.54) is 25.7 Å². The molecule has 0 unspecified atom stereocenters. The third-order valence-corrected chi connectivity index (χ3v) is 12.5. The van der Waals surface area contributed by atoms with Gasteiger partial charge in [0.15, 0.2) is 0 Å². The first-order chi connectivity index (χ1) is 32.3. The first kappa shape index (κ1) is 60.4. The number of hydrogen-bond acceptors (Lipinski definition) is 15. The van der Waals surface area contributed by atoms with Crippen LogP contribution in [0.3, 0.4) is 0 Å². The summed E-state index contributed by atoms with van der Waals surface area (Å²) < 4.78 is 59.2. The SMILES string of the molecule is CN1C=C(C2(O)CCCCC2)N(C)[NH2+]1.CN1C=C(C2(O)CCCCC2)N(C)[NH2+]1.CN1[C-]=C(C2(O)CCCCC2)N(C)N1.CN1[C-]=CN(C)[NH2+]1.CN1[C-]=CN(C)[NH2+]1.F[P-](F)(F)(F)(F)F.O=C1CCCCC1. The molecule has 9 rings (SSSR count). The van der Waals surface area contributed by atoms with E-state index in [1.807, 2.05) is 162 Å². The summed E-state index contributed by atoms with van der Waals surface area (Å²) in [6, 6.07) is 0. The number of carbonyl (C=O) groups is 1. The van der Waals surface area contributed by atoms with E-state index in [4.69, 9.17) is 0 Å². The Morgan fingerprint density at radius 3 is 1.06 bits per heavy atom. The van der Waals surface area contributed by atoms with Gasteiger partial charge in [0.05, 0.1) is 60.3 Å². The third kappa shape index (κ3) is 22.6. The van der Waals surface area contributed by atoms with Gasteiger partial charge in [0.2, 0.25) is 0 Å². The van der Waals surface area contributed by atoms with Gasteiger partial charge in [-0.3, -0.25) is 4.79 Å². The summed E-state index contributed by atoms with van der Waals surface area (Å²) >= 11 is 0. The van der Waals surface area contributed by atoms with Gasteiger partial charge in [0.25, 0.3) is 0 Å². The van der Waals surface area contributed by atoms with E-state index >= 15 is 0 Å². The fourth-order valence-electron chi connectivity index (χ4n) is 9.30. The van der Waals surface area contributed by atoms with Crippen molar-refractivity contribution in [1.82, 2.24) is 55.6 Å². The van der Waals surface area contributed by atoms with Gasteiger partial charge in [-0.1, -0.05) is 64.2 Å². The molecule has 9 aliphatic rings. The molecule has 0 aromatic carbocycles. The van der Waals surface area contributed by atoms with Crippen LogP contribution in [0.1, 0.15) is 128 Å². The Morgan fingerprint density at radius 1 is 0.514 bits per heavy atom. The van der Waals surface area contributed by atoms with Gasteiger partial charge >= 0.3 is 33.0 Å². The molecule has 26 heteroatoms. The molecule has 4 fully saturated rings. The number of aliphatic hydroxyl groups is 3. The van der Waals surface area contributed by atoms with E-state index in [0.29, 0.717) is 5.78 Å². The van der Waals surface area contributed by atoms with Crippen molar-refractivity contribution < 1.29 is 67.4 Å². The average Bonchev–Trinajstić information content (AvgIpc) is 4.09. The number of quaternary nitrogens is 4. The van der Waals surface area contributed by atoms with Gasteiger partial charge in [0, 0.05) is 34.0 Å². The van der Waals surface area contributed by atoms with Crippen LogP contribution in [0.25, 0.3) is 0 Å². The standard InChI is InChI=1S/2C10H19N3O.C10H18N3O.C6H10O.2C4H8N3.F6P/c3*1-12-8-9(13(2)11-12)10(14)6-4-3-5-7-10;7-6-4-2-1-3-5-6;2*1-6-3-4-7(2)5-6;1-7(2,3,4,5)6/h2*8,11,14H,3-7H2,1-2H3;11,14H,3-7H2,1-2H3;1-5H2;2*3,5H,1-2H3;/q;;-1;;3*-1/p+4. The van der Waals surface area contributed by atoms with E-state index in [9.17, 15) is 45.3 Å². The Kier molecular flexibility index (Phi) is 21.7. The molecule has 0 amide bonds. The zero-order valence-corrected chi connectivity index (χ0v) is 44.1. The van der Waals surface area contributed by atoms with Gasteiger partial charge < -0.3 is 54.0 Å². The maximum Gasteiger partial charge on any atom is 0.132 e. The Hall–Kier alpha value is -3.94. The number of hydrogen-bond donors (Lipinski definition) is 8. The predicted octanol–water partition coefficient (Wildman–Crippen LogP) is 2.17. The number of nitrogens with two attached hydrogens (primary N) is 4. The number of likely N-dealkylation sites (N-methyl/N-ethyl adjacent to an activating group) is 3. The van der Waals surface area contributed by atoms with Crippen molar-refractivity contribution >= 4 is 13.6 Å². The van der Waals surface area contributed by atoms with E-state index in [-0.39, 0.29) is 0 Å². The molecule has 0 spiro atoms. The van der Waals surface area contributed by atoms with Crippen molar-refractivity contribution in [2.75, 3.05) is 70.5 Å². The number of Topliss-reactive ketones (excluding diaryl/α,β-unsaturated/α-hetero) is 1. The minimum atomic E-state index is -10.7. The van der Waals surface area contributed by atoms with Gasteiger partial charge in [0.1, 0.15) is 28.4 Å². The van der Waals surface area contributed by atoms with Gasteiger partial charge in [-0.25, -0.2) is 30.1 Å². The second kappa shape index (κ2) is 25.1. The summed E-state index contributed by atoms with van der Waals surface area (Å²) in [6.45, 7) is 0. The van der Waals surface area contributed by atoms with Crippen molar-refractivity contribution in [2.45, 2.75) is 145 Å². The number of nitrogens with zero attached hydrogens (tertiary/aromatic N) is 10. The summed E-state index contributed by atoms with van der Waals surface area (Å²) in [5.41, 5.74) is 12.1. The van der Waals surface area contributed by atoms with Crippen molar-refractivity contribution in [3.63, 3.8) is 0 Å². The molecule has 12 N–H and O–H groups in total. The number of hydrazine groups is 2. The van der Waals surface area contributed by atoms with Gasteiger partial charge in [-0.2, -0.15) is 16.6 Å². The van der Waals surface area contributed by atoms with E-state index in [2.05, 4.69) is 24.1 Å². The van der Waals surface area contributed by atoms with E-state index < -0.39 is 24.6 Å². The van der Waals surface area contributed by atoms with Crippen LogP contribution >= 0.6 is 7.81 Å². The zero-order valence-electron chi connectivity index (χ0n) is 43.2. The summed E-state index contributed by atoms with van der Waals surface area (Å²) in [5, 5.41) is 50.8. The Labute approximate surface area is 412 Å². The number of carbonyl (C=O) groups excluding carboxylic acids is 1. The number of rotatable bonds is 3. The van der Waals surface area contributed by atoms with Crippen molar-refractivity contribution in [1.29, 1.82) is 0 Å². The molecule has 0 saturated heterocycles. The van der Waals surface area contributed by atoms with Gasteiger partial charge in [-0.15, -0.1) is 29.2 Å². The smallest absolute Gasteiger partial charge is 0.132 e. The number of ketones is 1. The largest absolute Gasteiger partial charge is 0.300 e. The van der Waals surface area contributed by atoms with Crippen molar-refractivity contribution in [2.24, 2.45) is 0 Å². The summed E-state index contributed by atoms with van der Waals surface area (Å²) in [6.07, 6.45) is 38.0. The van der Waals surface area contributed by atoms with Crippen LogP contribution in [-0.2, 0) is 4.79 Å². The van der Waals surface area contributed by atoms with E-state index in [1.54, 1.807) is 5.01 Å². The molecule has 0 radical (unpaired) electrons. The molecule has 0 bridgehead atoms. The van der Waals surface area contributed by atoms with Crippen LogP contribution < -0.4 is 27.7 Å². The van der Waals surface area contributed by atoms with Crippen LogP contribution in [0.2, 0.25) is 0 Å². The van der Waals surface area contributed by atoms with Crippen LogP contribution in [0.15, 0.2) is 41.9 Å². The normalized spacial score (nSPS) is 24.4. The fraction of sp³-hybridized carbons (Fsp3) is 0.750. The second-order valence-electron chi connectivity index (χ2n) is 19.6. The number of nitrogens with one attached hydrogen (secondary N) is 1. The van der Waals surface area contributed by atoms with E-state index in [0.717, 1.165) is 120 Å². The molecular weight excluding hydrogens is 948 g/mol. The molecule has 5 aliphatic heterocycles. The fourth-order valence-corrected chi connectivity index (χ4v) is 9.30. The topological polar surface area (TPSA) is 189 Å². The molecule has 5 heterocycles. The van der Waals surface area contributed by atoms with Crippen molar-refractivity contribution in [3.8, 4) is 0 Å². The molecule has 4 saturated carbocycles. The van der Waals surface area contributed by atoms with Gasteiger partial charge in [-0.05, 0) is 58.4 Å². The Balaban J connectivity index is 0.000000222. The first-order valence-corrected chi connectivity index (χ1v) is 26.3. The maximum absolute atomic E-state index is 10.7. The monoisotopic (exact) mass is 1030 g/mol. The summed E-state index contributed by atoms with van der Waals surface area (Å²) in [4.78, 5) is 10.5. The molecule has 19 nitrogen and oxygen atoms in total. The minimum absolute atomic E-state index is 0.464. The maximum atomic E-state index is 10.5. The average molecular weight is 1030 g/mol. The minimum Gasteiger partial charge on any atom is -0.300 e. The van der Waals surface area contributed by atoms with Crippen LogP contribution in [0, 0.1) is 18.6 Å².